The van der Waals surface area contributed by atoms with E-state index >= 15 is 0 Å². The number of fused-ring (bicyclic) bond motifs is 1. The first-order chi connectivity index (χ1) is 11.7. The second kappa shape index (κ2) is 8.79. The summed E-state index contributed by atoms with van der Waals surface area (Å²) in [6.45, 7) is 5.19. The van der Waals surface area contributed by atoms with Gasteiger partial charge in [-0.1, -0.05) is 25.1 Å². The van der Waals surface area contributed by atoms with Crippen LogP contribution < -0.4 is 10.6 Å². The summed E-state index contributed by atoms with van der Waals surface area (Å²) in [7, 11) is 1.72. The third-order valence-electron chi connectivity index (χ3n) is 3.62. The Labute approximate surface area is 163 Å². The Morgan fingerprint density at radius 3 is 2.76 bits per heavy atom. The average Bonchev–Trinajstić information content (AvgIpc) is 3.22. The lowest BCUT2D eigenvalue weighted by molar-refractivity contribution is 0.372. The minimum atomic E-state index is 0. The van der Waals surface area contributed by atoms with E-state index in [2.05, 4.69) is 44.8 Å². The number of hydrogen-bond acceptors (Lipinski definition) is 5. The van der Waals surface area contributed by atoms with Crippen LogP contribution in [0.1, 0.15) is 37.0 Å². The first kappa shape index (κ1) is 19.2. The second-order valence-corrected chi connectivity index (χ2v) is 5.70. The summed E-state index contributed by atoms with van der Waals surface area (Å²) < 4.78 is 7.24. The molecule has 25 heavy (non-hydrogen) atoms. The van der Waals surface area contributed by atoms with Crippen LogP contribution in [-0.4, -0.2) is 32.8 Å². The molecule has 9 heteroatoms. The van der Waals surface area contributed by atoms with Crippen LogP contribution in [0.5, 0.6) is 0 Å². The molecule has 0 saturated carbocycles. The van der Waals surface area contributed by atoms with E-state index in [1.165, 1.54) is 0 Å². The molecule has 0 aliphatic carbocycles. The first-order valence-corrected chi connectivity index (χ1v) is 7.86. The summed E-state index contributed by atoms with van der Waals surface area (Å²) in [5, 5.41) is 18.8. The number of nitrogens with one attached hydrogen (secondary N) is 2. The SMILES string of the molecule is CN=C(NCc1cc(C(C)C)no1)NCc1nnc2ccccn12.I. The molecule has 3 aromatic rings. The van der Waals surface area contributed by atoms with E-state index in [0.717, 1.165) is 22.9 Å². The Balaban J connectivity index is 0.00000225. The van der Waals surface area contributed by atoms with Crippen LogP contribution in [0.25, 0.3) is 5.65 Å². The van der Waals surface area contributed by atoms with Crippen molar-refractivity contribution in [1.29, 1.82) is 0 Å². The molecular formula is C16H22IN7O. The van der Waals surface area contributed by atoms with E-state index in [1.54, 1.807) is 7.05 Å². The highest BCUT2D eigenvalue weighted by molar-refractivity contribution is 14.0. The Kier molecular flexibility index (Phi) is 6.73. The standard InChI is InChI=1S/C16H21N7O.HI/c1-11(2)13-8-12(24-22-13)9-18-16(17-3)19-10-15-21-20-14-6-4-5-7-23(14)15;/h4-8,11H,9-10H2,1-3H3,(H2,17,18,19);1H. The van der Waals surface area contributed by atoms with Gasteiger partial charge in [0.1, 0.15) is 0 Å². The van der Waals surface area contributed by atoms with Gasteiger partial charge in [-0.25, -0.2) is 0 Å². The number of aliphatic imine (C=N–C) groups is 1. The van der Waals surface area contributed by atoms with Crippen molar-refractivity contribution in [2.24, 2.45) is 4.99 Å². The zero-order chi connectivity index (χ0) is 16.9. The molecule has 0 unspecified atom stereocenters. The molecule has 0 fully saturated rings. The Morgan fingerprint density at radius 2 is 2.04 bits per heavy atom. The lowest BCUT2D eigenvalue weighted by Gasteiger charge is -2.09. The monoisotopic (exact) mass is 455 g/mol. The number of aromatic nitrogens is 4. The molecule has 3 rings (SSSR count). The van der Waals surface area contributed by atoms with Crippen LogP contribution in [0.3, 0.4) is 0 Å². The minimum Gasteiger partial charge on any atom is -0.359 e. The minimum absolute atomic E-state index is 0. The fourth-order valence-corrected chi connectivity index (χ4v) is 2.25. The van der Waals surface area contributed by atoms with Crippen molar-refractivity contribution in [1.82, 2.24) is 30.4 Å². The molecule has 8 nitrogen and oxygen atoms in total. The molecule has 0 spiro atoms. The maximum atomic E-state index is 5.31. The van der Waals surface area contributed by atoms with Gasteiger partial charge in [-0.05, 0) is 18.1 Å². The zero-order valence-corrected chi connectivity index (χ0v) is 16.8. The molecular weight excluding hydrogens is 433 g/mol. The highest BCUT2D eigenvalue weighted by Crippen LogP contribution is 2.13. The van der Waals surface area contributed by atoms with Gasteiger partial charge in [-0.3, -0.25) is 9.39 Å². The number of rotatable bonds is 5. The maximum absolute atomic E-state index is 5.31. The van der Waals surface area contributed by atoms with Crippen molar-refractivity contribution in [3.8, 4) is 0 Å². The van der Waals surface area contributed by atoms with Crippen LogP contribution in [-0.2, 0) is 13.1 Å². The normalized spacial score (nSPS) is 11.6. The zero-order valence-electron chi connectivity index (χ0n) is 14.4. The van der Waals surface area contributed by atoms with Crippen LogP contribution in [0, 0.1) is 0 Å². The molecule has 0 saturated heterocycles. The summed E-state index contributed by atoms with van der Waals surface area (Å²) in [5.74, 6) is 2.59. The van der Waals surface area contributed by atoms with Gasteiger partial charge >= 0.3 is 0 Å². The number of nitrogens with zero attached hydrogens (tertiary/aromatic N) is 5. The summed E-state index contributed by atoms with van der Waals surface area (Å²) in [4.78, 5) is 4.20. The Morgan fingerprint density at radius 1 is 1.24 bits per heavy atom. The molecule has 0 atom stereocenters. The summed E-state index contributed by atoms with van der Waals surface area (Å²) in [6, 6.07) is 7.75. The third-order valence-corrected chi connectivity index (χ3v) is 3.62. The van der Waals surface area contributed by atoms with Crippen LogP contribution in [0.4, 0.5) is 0 Å². The molecule has 3 aromatic heterocycles. The average molecular weight is 455 g/mol. The summed E-state index contributed by atoms with van der Waals surface area (Å²) >= 11 is 0. The summed E-state index contributed by atoms with van der Waals surface area (Å²) in [6.07, 6.45) is 1.94. The van der Waals surface area contributed by atoms with Gasteiger partial charge in [-0.15, -0.1) is 34.2 Å². The fourth-order valence-electron chi connectivity index (χ4n) is 2.25. The van der Waals surface area contributed by atoms with Crippen molar-refractivity contribution in [2.75, 3.05) is 7.05 Å². The van der Waals surface area contributed by atoms with Crippen LogP contribution in [0.2, 0.25) is 0 Å². The third kappa shape index (κ3) is 4.68. The van der Waals surface area contributed by atoms with E-state index in [9.17, 15) is 0 Å². The maximum Gasteiger partial charge on any atom is 0.191 e. The number of guanidine groups is 1. The second-order valence-electron chi connectivity index (χ2n) is 5.70. The number of hydrogen-bond donors (Lipinski definition) is 2. The van der Waals surface area contributed by atoms with E-state index in [0.29, 0.717) is 25.0 Å². The highest BCUT2D eigenvalue weighted by atomic mass is 127. The molecule has 3 heterocycles. The van der Waals surface area contributed by atoms with Crippen molar-refractivity contribution in [3.05, 3.63) is 47.7 Å². The van der Waals surface area contributed by atoms with Crippen LogP contribution >= 0.6 is 24.0 Å². The fraction of sp³-hybridized carbons (Fsp3) is 0.375. The van der Waals surface area contributed by atoms with Gasteiger partial charge in [0.05, 0.1) is 18.8 Å². The smallest absolute Gasteiger partial charge is 0.191 e. The largest absolute Gasteiger partial charge is 0.359 e. The first-order valence-electron chi connectivity index (χ1n) is 7.86. The summed E-state index contributed by atoms with van der Waals surface area (Å²) in [5.41, 5.74) is 1.77. The predicted molar refractivity (Wildman–Crippen MR) is 106 cm³/mol. The molecule has 0 bridgehead atoms. The van der Waals surface area contributed by atoms with Crippen LogP contribution in [0.15, 0.2) is 40.0 Å². The van der Waals surface area contributed by atoms with E-state index in [4.69, 9.17) is 4.52 Å². The predicted octanol–water partition coefficient (Wildman–Crippen LogP) is 2.32. The molecule has 0 amide bonds. The van der Waals surface area contributed by atoms with Crippen molar-refractivity contribution < 1.29 is 4.52 Å². The van der Waals surface area contributed by atoms with E-state index in [1.807, 2.05) is 34.9 Å². The Bertz CT molecular complexity index is 840. The molecule has 0 aromatic carbocycles. The van der Waals surface area contributed by atoms with Gasteiger partial charge < -0.3 is 15.2 Å². The van der Waals surface area contributed by atoms with Crippen molar-refractivity contribution in [2.45, 2.75) is 32.9 Å². The van der Waals surface area contributed by atoms with Gasteiger partial charge in [0.15, 0.2) is 23.2 Å². The van der Waals surface area contributed by atoms with E-state index in [-0.39, 0.29) is 24.0 Å². The van der Waals surface area contributed by atoms with Gasteiger partial charge in [0.25, 0.3) is 0 Å². The number of pyridine rings is 1. The Hall–Kier alpha value is -2.17. The molecule has 134 valence electrons. The quantitative estimate of drug-likeness (QED) is 0.349. The van der Waals surface area contributed by atoms with E-state index < -0.39 is 0 Å². The molecule has 0 aliphatic rings. The number of halogens is 1. The van der Waals surface area contributed by atoms with Gasteiger partial charge in [0.2, 0.25) is 0 Å². The molecule has 0 radical (unpaired) electrons. The molecule has 2 N–H and O–H groups in total. The lowest BCUT2D eigenvalue weighted by Crippen LogP contribution is -2.36. The highest BCUT2D eigenvalue weighted by Gasteiger charge is 2.09. The lowest BCUT2D eigenvalue weighted by atomic mass is 10.1. The van der Waals surface area contributed by atoms with Gasteiger partial charge in [-0.2, -0.15) is 0 Å². The van der Waals surface area contributed by atoms with Crippen molar-refractivity contribution in [3.63, 3.8) is 0 Å². The molecule has 0 aliphatic heterocycles. The topological polar surface area (TPSA) is 92.6 Å². The van der Waals surface area contributed by atoms with Crippen molar-refractivity contribution >= 4 is 35.6 Å². The van der Waals surface area contributed by atoms with Gasteiger partial charge in [0, 0.05) is 19.3 Å².